The molecule has 0 bridgehead atoms. The molecule has 186 valence electrons. The molecule has 10 heteroatoms. The Bertz CT molecular complexity index is 1420. The lowest BCUT2D eigenvalue weighted by Crippen LogP contribution is -2.36. The van der Waals surface area contributed by atoms with Crippen molar-refractivity contribution in [2.45, 2.75) is 38.8 Å². The van der Waals surface area contributed by atoms with Gasteiger partial charge in [-0.3, -0.25) is 4.90 Å². The van der Waals surface area contributed by atoms with Gasteiger partial charge in [-0.15, -0.1) is 11.3 Å². The first-order valence-corrected chi connectivity index (χ1v) is 13.2. The molecule has 6 rings (SSSR count). The van der Waals surface area contributed by atoms with E-state index in [0.717, 1.165) is 45.3 Å². The number of nitrogens with zero attached hydrogens (tertiary/aromatic N) is 5. The zero-order valence-electron chi connectivity index (χ0n) is 20.3. The van der Waals surface area contributed by atoms with Gasteiger partial charge in [-0.1, -0.05) is 0 Å². The SMILES string of the molecule is CC(C)N1CCN(c2cc(OC3CCOCC3)c3c(Nc4ccc5ncsc5c4)ncnc3c2)C1=O. The molecule has 2 aliphatic rings. The van der Waals surface area contributed by atoms with E-state index in [1.54, 1.807) is 17.7 Å². The molecule has 36 heavy (non-hydrogen) atoms. The second-order valence-corrected chi connectivity index (χ2v) is 10.3. The molecule has 2 fully saturated rings. The van der Waals surface area contributed by atoms with Crippen LogP contribution >= 0.6 is 11.3 Å². The Labute approximate surface area is 213 Å². The average molecular weight is 505 g/mol. The lowest BCUT2D eigenvalue weighted by atomic mass is 10.1. The van der Waals surface area contributed by atoms with Crippen LogP contribution in [0, 0.1) is 0 Å². The number of rotatable bonds is 6. The predicted molar refractivity (Wildman–Crippen MR) is 141 cm³/mol. The third-order valence-electron chi connectivity index (χ3n) is 6.72. The van der Waals surface area contributed by atoms with Crippen LogP contribution in [-0.4, -0.2) is 64.3 Å². The van der Waals surface area contributed by atoms with E-state index in [4.69, 9.17) is 9.47 Å². The summed E-state index contributed by atoms with van der Waals surface area (Å²) < 4.78 is 13.2. The smallest absolute Gasteiger partial charge is 0.324 e. The van der Waals surface area contributed by atoms with E-state index < -0.39 is 0 Å². The van der Waals surface area contributed by atoms with Gasteiger partial charge < -0.3 is 19.7 Å². The molecule has 2 aromatic heterocycles. The average Bonchev–Trinajstić information content (AvgIpc) is 3.50. The van der Waals surface area contributed by atoms with Gasteiger partial charge in [0.2, 0.25) is 0 Å². The van der Waals surface area contributed by atoms with Gasteiger partial charge in [0.25, 0.3) is 0 Å². The van der Waals surface area contributed by atoms with Crippen molar-refractivity contribution in [1.82, 2.24) is 19.9 Å². The van der Waals surface area contributed by atoms with Gasteiger partial charge in [0.15, 0.2) is 0 Å². The van der Waals surface area contributed by atoms with E-state index in [9.17, 15) is 4.79 Å². The van der Waals surface area contributed by atoms with E-state index >= 15 is 0 Å². The van der Waals surface area contributed by atoms with Crippen molar-refractivity contribution in [3.05, 3.63) is 42.2 Å². The fourth-order valence-electron chi connectivity index (χ4n) is 4.80. The summed E-state index contributed by atoms with van der Waals surface area (Å²) in [5, 5.41) is 4.26. The molecule has 0 aliphatic carbocycles. The summed E-state index contributed by atoms with van der Waals surface area (Å²) in [6.07, 6.45) is 3.20. The highest BCUT2D eigenvalue weighted by Gasteiger charge is 2.32. The molecule has 2 amide bonds. The first kappa shape index (κ1) is 22.9. The van der Waals surface area contributed by atoms with E-state index in [2.05, 4.69) is 26.3 Å². The second kappa shape index (κ2) is 9.51. The van der Waals surface area contributed by atoms with Gasteiger partial charge >= 0.3 is 6.03 Å². The normalized spacial score (nSPS) is 17.0. The molecule has 0 atom stereocenters. The molecule has 0 spiro atoms. The van der Waals surface area contributed by atoms with Crippen molar-refractivity contribution in [2.24, 2.45) is 0 Å². The Morgan fingerprint density at radius 1 is 1.08 bits per heavy atom. The number of carbonyl (C=O) groups is 1. The number of amides is 2. The van der Waals surface area contributed by atoms with Crippen molar-refractivity contribution in [3.8, 4) is 5.75 Å². The number of carbonyl (C=O) groups excluding carboxylic acids is 1. The first-order valence-electron chi connectivity index (χ1n) is 12.3. The van der Waals surface area contributed by atoms with Crippen LogP contribution < -0.4 is 15.0 Å². The van der Waals surface area contributed by atoms with Crippen molar-refractivity contribution < 1.29 is 14.3 Å². The molecule has 4 heterocycles. The molecule has 1 N–H and O–H groups in total. The van der Waals surface area contributed by atoms with Crippen LogP contribution in [0.2, 0.25) is 0 Å². The summed E-state index contributed by atoms with van der Waals surface area (Å²) >= 11 is 1.60. The van der Waals surface area contributed by atoms with Gasteiger partial charge in [-0.05, 0) is 38.1 Å². The van der Waals surface area contributed by atoms with Crippen LogP contribution in [0.25, 0.3) is 21.1 Å². The predicted octanol–water partition coefficient (Wildman–Crippen LogP) is 5.19. The Morgan fingerprint density at radius 3 is 2.75 bits per heavy atom. The van der Waals surface area contributed by atoms with E-state index in [1.165, 1.54) is 0 Å². The molecule has 2 aromatic carbocycles. The van der Waals surface area contributed by atoms with Crippen LogP contribution in [0.15, 0.2) is 42.2 Å². The second-order valence-electron chi connectivity index (χ2n) is 9.37. The standard InChI is InChI=1S/C26H28N6O3S/c1-16(2)31-7-8-32(26(31)33)18-12-21-24(22(13-18)35-19-5-9-34-10-6-19)25(28-14-27-21)30-17-3-4-20-23(11-17)36-15-29-20/h3-4,11-16,19H,5-10H2,1-2H3,(H,27,28,30). The van der Waals surface area contributed by atoms with Gasteiger partial charge in [0.05, 0.1) is 45.5 Å². The van der Waals surface area contributed by atoms with Gasteiger partial charge in [0, 0.05) is 43.7 Å². The molecule has 4 aromatic rings. The van der Waals surface area contributed by atoms with Crippen molar-refractivity contribution >= 4 is 55.7 Å². The molecule has 2 aliphatic heterocycles. The summed E-state index contributed by atoms with van der Waals surface area (Å²) in [6.45, 7) is 6.75. The van der Waals surface area contributed by atoms with E-state index in [1.807, 2.05) is 53.4 Å². The Hall–Kier alpha value is -3.50. The molecule has 0 saturated carbocycles. The zero-order chi connectivity index (χ0) is 24.6. The highest BCUT2D eigenvalue weighted by Crippen LogP contribution is 2.38. The minimum atomic E-state index is 0.00614. The number of urea groups is 1. The molecule has 0 radical (unpaired) electrons. The summed E-state index contributed by atoms with van der Waals surface area (Å²) in [7, 11) is 0. The van der Waals surface area contributed by atoms with E-state index in [0.29, 0.717) is 37.9 Å². The highest BCUT2D eigenvalue weighted by atomic mass is 32.1. The number of nitrogens with one attached hydrogen (secondary N) is 1. The Morgan fingerprint density at radius 2 is 1.94 bits per heavy atom. The fraction of sp³-hybridized carbons (Fsp3) is 0.385. The Balaban J connectivity index is 1.42. The summed E-state index contributed by atoms with van der Waals surface area (Å²) in [6, 6.07) is 10.1. The number of hydrogen-bond donors (Lipinski definition) is 1. The third kappa shape index (κ3) is 4.31. The topological polar surface area (TPSA) is 92.7 Å². The quantitative estimate of drug-likeness (QED) is 0.386. The lowest BCUT2D eigenvalue weighted by Gasteiger charge is -2.26. The maximum Gasteiger partial charge on any atom is 0.324 e. The van der Waals surface area contributed by atoms with Gasteiger partial charge in [-0.2, -0.15) is 0 Å². The fourth-order valence-corrected chi connectivity index (χ4v) is 5.52. The summed E-state index contributed by atoms with van der Waals surface area (Å²) in [5.74, 6) is 1.33. The Kier molecular flexibility index (Phi) is 6.06. The van der Waals surface area contributed by atoms with Gasteiger partial charge in [-0.25, -0.2) is 19.7 Å². The number of hydrogen-bond acceptors (Lipinski definition) is 8. The lowest BCUT2D eigenvalue weighted by molar-refractivity contribution is 0.0262. The zero-order valence-corrected chi connectivity index (χ0v) is 21.1. The summed E-state index contributed by atoms with van der Waals surface area (Å²) in [5.41, 5.74) is 5.23. The van der Waals surface area contributed by atoms with Crippen LogP contribution in [0.3, 0.4) is 0 Å². The number of fused-ring (bicyclic) bond motifs is 2. The molecular formula is C26H28N6O3S. The van der Waals surface area contributed by atoms with Crippen LogP contribution in [0.1, 0.15) is 26.7 Å². The van der Waals surface area contributed by atoms with Crippen LogP contribution in [-0.2, 0) is 4.74 Å². The summed E-state index contributed by atoms with van der Waals surface area (Å²) in [4.78, 5) is 30.3. The maximum absolute atomic E-state index is 13.1. The van der Waals surface area contributed by atoms with Crippen LogP contribution in [0.5, 0.6) is 5.75 Å². The number of anilines is 3. The molecule has 9 nitrogen and oxygen atoms in total. The minimum absolute atomic E-state index is 0.00614. The van der Waals surface area contributed by atoms with Crippen molar-refractivity contribution in [1.29, 1.82) is 0 Å². The number of aromatic nitrogens is 3. The minimum Gasteiger partial charge on any atom is -0.489 e. The number of thiazole rings is 1. The monoisotopic (exact) mass is 504 g/mol. The highest BCUT2D eigenvalue weighted by molar-refractivity contribution is 7.16. The van der Waals surface area contributed by atoms with Crippen LogP contribution in [0.4, 0.5) is 22.0 Å². The van der Waals surface area contributed by atoms with Crippen molar-refractivity contribution in [3.63, 3.8) is 0 Å². The molecule has 2 saturated heterocycles. The van der Waals surface area contributed by atoms with E-state index in [-0.39, 0.29) is 18.2 Å². The molecule has 0 unspecified atom stereocenters. The molecular weight excluding hydrogens is 476 g/mol. The van der Waals surface area contributed by atoms with Gasteiger partial charge in [0.1, 0.15) is 24.0 Å². The number of benzene rings is 2. The largest absolute Gasteiger partial charge is 0.489 e. The first-order chi connectivity index (χ1) is 17.6. The van der Waals surface area contributed by atoms with Crippen molar-refractivity contribution in [2.75, 3.05) is 36.5 Å². The number of ether oxygens (including phenoxy) is 2. The third-order valence-corrected chi connectivity index (χ3v) is 7.51. The maximum atomic E-state index is 13.1.